The van der Waals surface area contributed by atoms with Crippen molar-refractivity contribution in [2.75, 3.05) is 5.32 Å². The zero-order valence-electron chi connectivity index (χ0n) is 12.6. The second-order valence-electron chi connectivity index (χ2n) is 5.32. The van der Waals surface area contributed by atoms with Gasteiger partial charge < -0.3 is 10.4 Å². The van der Waals surface area contributed by atoms with Gasteiger partial charge in [-0.2, -0.15) is 5.10 Å². The van der Waals surface area contributed by atoms with Crippen molar-refractivity contribution in [3.8, 4) is 11.1 Å². The Kier molecular flexibility index (Phi) is 3.69. The van der Waals surface area contributed by atoms with Crippen LogP contribution in [0.15, 0.2) is 36.8 Å². The van der Waals surface area contributed by atoms with E-state index >= 15 is 0 Å². The number of benzene rings is 1. The molecule has 2 N–H and O–H groups in total. The molecule has 0 saturated carbocycles. The van der Waals surface area contributed by atoms with Crippen molar-refractivity contribution >= 4 is 22.6 Å². The van der Waals surface area contributed by atoms with Crippen LogP contribution in [0.4, 0.5) is 10.2 Å². The molecule has 2 aromatic heterocycles. The van der Waals surface area contributed by atoms with E-state index in [-0.39, 0.29) is 0 Å². The fourth-order valence-corrected chi connectivity index (χ4v) is 2.39. The van der Waals surface area contributed by atoms with Crippen molar-refractivity contribution < 1.29 is 14.3 Å². The lowest BCUT2D eigenvalue weighted by Crippen LogP contribution is -2.26. The van der Waals surface area contributed by atoms with E-state index in [9.17, 15) is 9.18 Å². The van der Waals surface area contributed by atoms with E-state index in [4.69, 9.17) is 5.11 Å². The van der Waals surface area contributed by atoms with Crippen molar-refractivity contribution in [2.24, 2.45) is 7.05 Å². The SMILES string of the molecule is CC(Nc1ncc(-c2cnn(C)c2)c2ccc(F)cc12)C(=O)O. The molecule has 3 aromatic rings. The molecule has 0 fully saturated rings. The molecule has 0 aliphatic carbocycles. The molecule has 1 aromatic carbocycles. The van der Waals surface area contributed by atoms with Crippen LogP contribution < -0.4 is 5.32 Å². The Morgan fingerprint density at radius 2 is 2.13 bits per heavy atom. The Balaban J connectivity index is 2.17. The number of anilines is 1. The Hall–Kier alpha value is -2.96. The minimum Gasteiger partial charge on any atom is -0.480 e. The smallest absolute Gasteiger partial charge is 0.325 e. The maximum atomic E-state index is 13.7. The molecule has 118 valence electrons. The highest BCUT2D eigenvalue weighted by Gasteiger charge is 2.16. The lowest BCUT2D eigenvalue weighted by molar-refractivity contribution is -0.137. The number of nitrogens with zero attached hydrogens (tertiary/aromatic N) is 3. The van der Waals surface area contributed by atoms with Crippen LogP contribution in [-0.4, -0.2) is 31.9 Å². The molecule has 3 rings (SSSR count). The first-order valence-electron chi connectivity index (χ1n) is 7.02. The number of halogens is 1. The number of pyridine rings is 1. The van der Waals surface area contributed by atoms with Crippen LogP contribution in [0.1, 0.15) is 6.92 Å². The average Bonchev–Trinajstić information content (AvgIpc) is 2.93. The number of carboxylic acids is 1. The quantitative estimate of drug-likeness (QED) is 0.774. The summed E-state index contributed by atoms with van der Waals surface area (Å²) in [6.07, 6.45) is 5.17. The minimum absolute atomic E-state index is 0.335. The van der Waals surface area contributed by atoms with Gasteiger partial charge in [0.2, 0.25) is 0 Å². The normalized spacial score (nSPS) is 12.3. The summed E-state index contributed by atoms with van der Waals surface area (Å²) in [7, 11) is 1.81. The lowest BCUT2D eigenvalue weighted by Gasteiger charge is -2.14. The Labute approximate surface area is 131 Å². The Morgan fingerprint density at radius 1 is 1.35 bits per heavy atom. The first-order valence-corrected chi connectivity index (χ1v) is 7.02. The van der Waals surface area contributed by atoms with Crippen LogP contribution in [0, 0.1) is 5.82 Å². The largest absolute Gasteiger partial charge is 0.480 e. The third kappa shape index (κ3) is 2.85. The molecule has 0 saturated heterocycles. The van der Waals surface area contributed by atoms with Gasteiger partial charge in [-0.05, 0) is 24.4 Å². The number of aromatic nitrogens is 3. The Bertz CT molecular complexity index is 891. The molecule has 6 nitrogen and oxygen atoms in total. The van der Waals surface area contributed by atoms with Crippen molar-refractivity contribution in [1.29, 1.82) is 0 Å². The Morgan fingerprint density at radius 3 is 2.78 bits per heavy atom. The zero-order valence-corrected chi connectivity index (χ0v) is 12.6. The lowest BCUT2D eigenvalue weighted by atomic mass is 10.0. The van der Waals surface area contributed by atoms with Gasteiger partial charge in [0, 0.05) is 36.0 Å². The minimum atomic E-state index is -1.01. The van der Waals surface area contributed by atoms with Gasteiger partial charge in [0.25, 0.3) is 0 Å². The average molecular weight is 314 g/mol. The van der Waals surface area contributed by atoms with Crippen LogP contribution in [-0.2, 0) is 11.8 Å². The van der Waals surface area contributed by atoms with E-state index in [1.54, 1.807) is 23.1 Å². The number of nitrogens with one attached hydrogen (secondary N) is 1. The van der Waals surface area contributed by atoms with Gasteiger partial charge in [0.05, 0.1) is 6.20 Å². The molecule has 1 unspecified atom stereocenters. The van der Waals surface area contributed by atoms with E-state index in [0.717, 1.165) is 16.5 Å². The highest BCUT2D eigenvalue weighted by Crippen LogP contribution is 2.32. The first-order chi connectivity index (χ1) is 11.0. The number of hydrogen-bond acceptors (Lipinski definition) is 4. The highest BCUT2D eigenvalue weighted by molar-refractivity contribution is 6.02. The van der Waals surface area contributed by atoms with Gasteiger partial charge in [-0.15, -0.1) is 0 Å². The van der Waals surface area contributed by atoms with Crippen LogP contribution in [0.25, 0.3) is 21.9 Å². The molecule has 0 bridgehead atoms. The molecule has 7 heteroatoms. The summed E-state index contributed by atoms with van der Waals surface area (Å²) in [5, 5.41) is 17.3. The van der Waals surface area contributed by atoms with Crippen LogP contribution >= 0.6 is 0 Å². The molecule has 0 spiro atoms. The third-order valence-corrected chi connectivity index (χ3v) is 3.59. The van der Waals surface area contributed by atoms with Crippen molar-refractivity contribution in [3.63, 3.8) is 0 Å². The monoisotopic (exact) mass is 314 g/mol. The second-order valence-corrected chi connectivity index (χ2v) is 5.32. The summed E-state index contributed by atoms with van der Waals surface area (Å²) in [6.45, 7) is 1.50. The predicted molar refractivity (Wildman–Crippen MR) is 84.6 cm³/mol. The summed E-state index contributed by atoms with van der Waals surface area (Å²) < 4.78 is 15.3. The molecule has 0 amide bonds. The molecular formula is C16H15FN4O2. The van der Waals surface area contributed by atoms with Gasteiger partial charge >= 0.3 is 5.97 Å². The molecule has 0 aliphatic rings. The summed E-state index contributed by atoms with van der Waals surface area (Å²) in [5.41, 5.74) is 1.66. The topological polar surface area (TPSA) is 80.0 Å². The first kappa shape index (κ1) is 15.0. The van der Waals surface area contributed by atoms with E-state index in [1.807, 2.05) is 13.2 Å². The zero-order chi connectivity index (χ0) is 16.6. The predicted octanol–water partition coefficient (Wildman–Crippen LogP) is 2.66. The molecule has 23 heavy (non-hydrogen) atoms. The number of carbonyl (C=O) groups is 1. The molecule has 1 atom stereocenters. The number of carboxylic acid groups (broad SMARTS) is 1. The number of hydrogen-bond donors (Lipinski definition) is 2. The van der Waals surface area contributed by atoms with E-state index < -0.39 is 17.8 Å². The number of fused-ring (bicyclic) bond motifs is 1. The van der Waals surface area contributed by atoms with Gasteiger partial charge in [0.1, 0.15) is 17.7 Å². The number of aliphatic carboxylic acids is 1. The van der Waals surface area contributed by atoms with Gasteiger partial charge in [0.15, 0.2) is 0 Å². The number of aryl methyl sites for hydroxylation is 1. The maximum Gasteiger partial charge on any atom is 0.325 e. The van der Waals surface area contributed by atoms with Crippen LogP contribution in [0.3, 0.4) is 0 Å². The molecule has 0 aliphatic heterocycles. The summed E-state index contributed by atoms with van der Waals surface area (Å²) in [6, 6.07) is 3.54. The van der Waals surface area contributed by atoms with Crippen molar-refractivity contribution in [1.82, 2.24) is 14.8 Å². The molecule has 2 heterocycles. The third-order valence-electron chi connectivity index (χ3n) is 3.59. The van der Waals surface area contributed by atoms with Crippen molar-refractivity contribution in [2.45, 2.75) is 13.0 Å². The standard InChI is InChI=1S/C16H15FN4O2/c1-9(16(22)23)20-15-13-5-11(17)3-4-12(13)14(7-18-15)10-6-19-21(2)8-10/h3-9H,1-2H3,(H,18,20)(H,22,23). The maximum absolute atomic E-state index is 13.7. The van der Waals surface area contributed by atoms with Gasteiger partial charge in [-0.1, -0.05) is 6.07 Å². The van der Waals surface area contributed by atoms with E-state index in [2.05, 4.69) is 15.4 Å². The van der Waals surface area contributed by atoms with Gasteiger partial charge in [-0.3, -0.25) is 9.48 Å². The second kappa shape index (κ2) is 5.68. The van der Waals surface area contributed by atoms with Crippen LogP contribution in [0.2, 0.25) is 0 Å². The van der Waals surface area contributed by atoms with Crippen molar-refractivity contribution in [3.05, 3.63) is 42.6 Å². The summed E-state index contributed by atoms with van der Waals surface area (Å²) >= 11 is 0. The van der Waals surface area contributed by atoms with E-state index in [1.165, 1.54) is 19.1 Å². The van der Waals surface area contributed by atoms with E-state index in [0.29, 0.717) is 11.2 Å². The van der Waals surface area contributed by atoms with Gasteiger partial charge in [-0.25, -0.2) is 9.37 Å². The fraction of sp³-hybridized carbons (Fsp3) is 0.188. The summed E-state index contributed by atoms with van der Waals surface area (Å²) in [5.74, 6) is -1.08. The molecular weight excluding hydrogens is 299 g/mol. The molecule has 0 radical (unpaired) electrons. The number of rotatable bonds is 4. The fourth-order valence-electron chi connectivity index (χ4n) is 2.39. The highest BCUT2D eigenvalue weighted by atomic mass is 19.1. The van der Waals surface area contributed by atoms with Crippen LogP contribution in [0.5, 0.6) is 0 Å². The summed E-state index contributed by atoms with van der Waals surface area (Å²) in [4.78, 5) is 15.3.